The van der Waals surface area contributed by atoms with E-state index in [2.05, 4.69) is 0 Å². The van der Waals surface area contributed by atoms with Crippen LogP contribution in [0.3, 0.4) is 0 Å². The van der Waals surface area contributed by atoms with Gasteiger partial charge in [0.05, 0.1) is 20.8 Å². The largest absolute Gasteiger partial charge is 0.497 e. The van der Waals surface area contributed by atoms with E-state index in [1.54, 1.807) is 12.1 Å². The second-order valence-electron chi connectivity index (χ2n) is 5.55. The van der Waals surface area contributed by atoms with Crippen LogP contribution < -0.4 is 9.47 Å². The summed E-state index contributed by atoms with van der Waals surface area (Å²) in [6, 6.07) is 4.82. The van der Waals surface area contributed by atoms with Crippen molar-refractivity contribution in [1.29, 1.82) is 0 Å². The van der Waals surface area contributed by atoms with E-state index in [0.717, 1.165) is 12.8 Å². The van der Waals surface area contributed by atoms with Crippen LogP contribution >= 0.6 is 0 Å². The van der Waals surface area contributed by atoms with Gasteiger partial charge in [0, 0.05) is 25.8 Å². The lowest BCUT2D eigenvalue weighted by Gasteiger charge is -2.32. The van der Waals surface area contributed by atoms with Gasteiger partial charge in [0.25, 0.3) is 0 Å². The average Bonchev–Trinajstić information content (AvgIpc) is 2.59. The van der Waals surface area contributed by atoms with Crippen molar-refractivity contribution in [2.75, 3.05) is 40.5 Å². The molecule has 0 spiro atoms. The summed E-state index contributed by atoms with van der Waals surface area (Å²) in [6.45, 7) is 4.18. The molecule has 23 heavy (non-hydrogen) atoms. The molecule has 1 saturated heterocycles. The van der Waals surface area contributed by atoms with Crippen molar-refractivity contribution < 1.29 is 22.6 Å². The second kappa shape index (κ2) is 7.99. The van der Waals surface area contributed by atoms with Gasteiger partial charge in [-0.3, -0.25) is 0 Å². The normalized spacial score (nSPS) is 19.5. The third-order valence-corrected chi connectivity index (χ3v) is 5.91. The van der Waals surface area contributed by atoms with E-state index >= 15 is 0 Å². The molecule has 1 aromatic carbocycles. The van der Waals surface area contributed by atoms with Crippen LogP contribution in [0.15, 0.2) is 23.1 Å². The number of methoxy groups -OCH3 is 2. The van der Waals surface area contributed by atoms with Crippen LogP contribution in [0.2, 0.25) is 0 Å². The van der Waals surface area contributed by atoms with E-state index in [0.29, 0.717) is 37.8 Å². The molecule has 130 valence electrons. The first-order valence-corrected chi connectivity index (χ1v) is 9.26. The van der Waals surface area contributed by atoms with Crippen molar-refractivity contribution in [2.24, 2.45) is 5.92 Å². The zero-order valence-electron chi connectivity index (χ0n) is 13.9. The maximum atomic E-state index is 13.0. The number of nitrogens with zero attached hydrogens (tertiary/aromatic N) is 1. The number of piperidine rings is 1. The van der Waals surface area contributed by atoms with Gasteiger partial charge >= 0.3 is 0 Å². The van der Waals surface area contributed by atoms with E-state index in [1.165, 1.54) is 24.6 Å². The van der Waals surface area contributed by atoms with Crippen LogP contribution in [0.5, 0.6) is 11.5 Å². The van der Waals surface area contributed by atoms with Gasteiger partial charge in [-0.1, -0.05) is 0 Å². The Labute approximate surface area is 138 Å². The lowest BCUT2D eigenvalue weighted by molar-refractivity contribution is 0.0864. The van der Waals surface area contributed by atoms with Crippen LogP contribution in [0.4, 0.5) is 0 Å². The summed E-state index contributed by atoms with van der Waals surface area (Å²) < 4.78 is 43.4. The molecule has 1 unspecified atom stereocenters. The highest BCUT2D eigenvalue weighted by Crippen LogP contribution is 2.32. The Morgan fingerprint density at radius 2 is 2.04 bits per heavy atom. The maximum absolute atomic E-state index is 13.0. The molecular weight excluding hydrogens is 318 g/mol. The van der Waals surface area contributed by atoms with E-state index in [1.807, 2.05) is 6.92 Å². The van der Waals surface area contributed by atoms with Gasteiger partial charge in [0.15, 0.2) is 0 Å². The molecule has 0 aromatic heterocycles. The minimum absolute atomic E-state index is 0.149. The Kier molecular flexibility index (Phi) is 6.26. The highest BCUT2D eigenvalue weighted by molar-refractivity contribution is 7.89. The third-order valence-electron chi connectivity index (χ3n) is 4.03. The molecule has 1 heterocycles. The molecule has 1 fully saturated rings. The van der Waals surface area contributed by atoms with Crippen molar-refractivity contribution in [3.8, 4) is 11.5 Å². The van der Waals surface area contributed by atoms with Gasteiger partial charge < -0.3 is 14.2 Å². The number of ether oxygens (including phenoxy) is 3. The first-order valence-electron chi connectivity index (χ1n) is 7.82. The number of sulfonamides is 1. The molecule has 0 saturated carbocycles. The first-order chi connectivity index (χ1) is 11.0. The minimum atomic E-state index is -3.62. The summed E-state index contributed by atoms with van der Waals surface area (Å²) in [5.74, 6) is 1.06. The summed E-state index contributed by atoms with van der Waals surface area (Å²) in [4.78, 5) is 0.149. The maximum Gasteiger partial charge on any atom is 0.246 e. The Morgan fingerprint density at radius 1 is 1.26 bits per heavy atom. The summed E-state index contributed by atoms with van der Waals surface area (Å²) in [7, 11) is -0.644. The molecule has 1 aromatic rings. The molecule has 6 nitrogen and oxygen atoms in total. The monoisotopic (exact) mass is 343 g/mol. The fraction of sp³-hybridized carbons (Fsp3) is 0.625. The predicted molar refractivity (Wildman–Crippen MR) is 87.5 cm³/mol. The molecule has 0 bridgehead atoms. The van der Waals surface area contributed by atoms with Crippen LogP contribution in [-0.4, -0.2) is 53.2 Å². The predicted octanol–water partition coefficient (Wildman–Crippen LogP) is 2.14. The van der Waals surface area contributed by atoms with Crippen LogP contribution in [-0.2, 0) is 14.8 Å². The third kappa shape index (κ3) is 4.16. The Morgan fingerprint density at radius 3 is 2.70 bits per heavy atom. The fourth-order valence-corrected chi connectivity index (χ4v) is 4.52. The molecule has 0 amide bonds. The van der Waals surface area contributed by atoms with E-state index in [9.17, 15) is 8.42 Å². The number of hydrogen-bond acceptors (Lipinski definition) is 5. The topological polar surface area (TPSA) is 65.1 Å². The quantitative estimate of drug-likeness (QED) is 0.759. The molecule has 1 aliphatic heterocycles. The van der Waals surface area contributed by atoms with E-state index < -0.39 is 10.0 Å². The van der Waals surface area contributed by atoms with Gasteiger partial charge in [-0.25, -0.2) is 8.42 Å². The number of benzene rings is 1. The first kappa shape index (κ1) is 18.0. The standard InChI is InChI=1S/C16H25NO5S/c1-4-22-12-13-6-5-9-17(11-13)23(18,19)16-10-14(20-2)7-8-15(16)21-3/h7-8,10,13H,4-6,9,11-12H2,1-3H3. The molecule has 0 aliphatic carbocycles. The van der Waals surface area contributed by atoms with Crippen LogP contribution in [0.25, 0.3) is 0 Å². The second-order valence-corrected chi connectivity index (χ2v) is 7.45. The Bertz CT molecular complexity index is 617. The summed E-state index contributed by atoms with van der Waals surface area (Å²) >= 11 is 0. The fourth-order valence-electron chi connectivity index (χ4n) is 2.79. The van der Waals surface area contributed by atoms with E-state index in [-0.39, 0.29) is 10.8 Å². The Balaban J connectivity index is 2.26. The van der Waals surface area contributed by atoms with Crippen molar-refractivity contribution in [3.05, 3.63) is 18.2 Å². The lowest BCUT2D eigenvalue weighted by atomic mass is 10.0. The van der Waals surface area contributed by atoms with Gasteiger partial charge in [-0.05, 0) is 37.8 Å². The molecule has 7 heteroatoms. The van der Waals surface area contributed by atoms with Gasteiger partial charge in [-0.2, -0.15) is 4.31 Å². The summed E-state index contributed by atoms with van der Waals surface area (Å²) in [5.41, 5.74) is 0. The van der Waals surface area contributed by atoms with Crippen molar-refractivity contribution in [1.82, 2.24) is 4.31 Å². The summed E-state index contributed by atoms with van der Waals surface area (Å²) in [5, 5.41) is 0. The van der Waals surface area contributed by atoms with Gasteiger partial charge in [-0.15, -0.1) is 0 Å². The lowest BCUT2D eigenvalue weighted by Crippen LogP contribution is -2.41. The molecule has 2 rings (SSSR count). The summed E-state index contributed by atoms with van der Waals surface area (Å²) in [6.07, 6.45) is 1.82. The van der Waals surface area contributed by atoms with Gasteiger partial charge in [0.1, 0.15) is 16.4 Å². The molecular formula is C16H25NO5S. The molecule has 1 atom stereocenters. The zero-order valence-corrected chi connectivity index (χ0v) is 14.8. The number of hydrogen-bond donors (Lipinski definition) is 0. The molecule has 0 radical (unpaired) electrons. The average molecular weight is 343 g/mol. The van der Waals surface area contributed by atoms with E-state index in [4.69, 9.17) is 14.2 Å². The van der Waals surface area contributed by atoms with Crippen molar-refractivity contribution in [2.45, 2.75) is 24.7 Å². The smallest absolute Gasteiger partial charge is 0.246 e. The van der Waals surface area contributed by atoms with Crippen molar-refractivity contribution >= 4 is 10.0 Å². The minimum Gasteiger partial charge on any atom is -0.497 e. The van der Waals surface area contributed by atoms with Crippen LogP contribution in [0, 0.1) is 5.92 Å². The number of rotatable bonds is 7. The SMILES string of the molecule is CCOCC1CCCN(S(=O)(=O)c2cc(OC)ccc2OC)C1. The van der Waals surface area contributed by atoms with Gasteiger partial charge in [0.2, 0.25) is 10.0 Å². The highest BCUT2D eigenvalue weighted by Gasteiger charge is 2.32. The van der Waals surface area contributed by atoms with Crippen molar-refractivity contribution in [3.63, 3.8) is 0 Å². The molecule has 1 aliphatic rings. The Hall–Kier alpha value is -1.31. The zero-order chi connectivity index (χ0) is 16.9. The van der Waals surface area contributed by atoms with Crippen LogP contribution in [0.1, 0.15) is 19.8 Å². The highest BCUT2D eigenvalue weighted by atomic mass is 32.2. The molecule has 0 N–H and O–H groups in total.